The number of rotatable bonds is 3. The minimum Gasteiger partial charge on any atom is -0.312 e. The van der Waals surface area contributed by atoms with E-state index < -0.39 is 0 Å². The minimum absolute atomic E-state index is 0.00717. The van der Waals surface area contributed by atoms with Gasteiger partial charge >= 0.3 is 0 Å². The van der Waals surface area contributed by atoms with E-state index in [4.69, 9.17) is 6.42 Å². The van der Waals surface area contributed by atoms with Gasteiger partial charge in [0.05, 0.1) is 18.7 Å². The van der Waals surface area contributed by atoms with E-state index in [9.17, 15) is 10.1 Å². The summed E-state index contributed by atoms with van der Waals surface area (Å²) < 4.78 is 0. The highest BCUT2D eigenvalue weighted by atomic mass is 16.2. The highest BCUT2D eigenvalue weighted by molar-refractivity contribution is 5.80. The summed E-state index contributed by atoms with van der Waals surface area (Å²) in [5.41, 5.74) is 0.178. The number of amides is 1. The fourth-order valence-electron chi connectivity index (χ4n) is 6.13. The van der Waals surface area contributed by atoms with Gasteiger partial charge in [-0.1, -0.05) is 5.92 Å². The van der Waals surface area contributed by atoms with Crippen LogP contribution in [0, 0.1) is 41.4 Å². The van der Waals surface area contributed by atoms with Crippen molar-refractivity contribution < 1.29 is 4.79 Å². The lowest BCUT2D eigenvalue weighted by atomic mass is 9.53. The van der Waals surface area contributed by atoms with E-state index in [-0.39, 0.29) is 23.5 Å². The number of nitrogens with one attached hydrogen (secondary N) is 1. The third-order valence-corrected chi connectivity index (χ3v) is 6.67. The van der Waals surface area contributed by atoms with Gasteiger partial charge in [0.1, 0.15) is 6.04 Å². The van der Waals surface area contributed by atoms with Crippen molar-refractivity contribution in [1.82, 2.24) is 10.2 Å². The van der Waals surface area contributed by atoms with Crippen LogP contribution >= 0.6 is 0 Å². The maximum absolute atomic E-state index is 12.7. The Labute approximate surface area is 138 Å². The Morgan fingerprint density at radius 2 is 1.70 bits per heavy atom. The summed E-state index contributed by atoms with van der Waals surface area (Å²) in [5, 5.41) is 12.9. The molecule has 0 radical (unpaired) electrons. The van der Waals surface area contributed by atoms with Crippen molar-refractivity contribution in [2.75, 3.05) is 6.54 Å². The molecule has 122 valence electrons. The van der Waals surface area contributed by atoms with E-state index in [2.05, 4.69) is 17.3 Å². The lowest BCUT2D eigenvalue weighted by molar-refractivity contribution is -0.132. The van der Waals surface area contributed by atoms with Crippen molar-refractivity contribution in [3.8, 4) is 18.4 Å². The maximum atomic E-state index is 12.7. The zero-order chi connectivity index (χ0) is 16.0. The third-order valence-electron chi connectivity index (χ3n) is 6.67. The van der Waals surface area contributed by atoms with E-state index in [1.165, 1.54) is 38.5 Å². The van der Waals surface area contributed by atoms with Crippen molar-refractivity contribution in [1.29, 1.82) is 5.26 Å². The molecule has 1 amide bonds. The molecule has 2 atom stereocenters. The average Bonchev–Trinajstić information content (AvgIpc) is 2.94. The molecule has 4 bridgehead atoms. The van der Waals surface area contributed by atoms with Crippen LogP contribution in [0.15, 0.2) is 0 Å². The Morgan fingerprint density at radius 3 is 2.22 bits per heavy atom. The first-order valence-electron chi connectivity index (χ1n) is 9.04. The quantitative estimate of drug-likeness (QED) is 0.812. The summed E-state index contributed by atoms with van der Waals surface area (Å²) in [5.74, 6) is 5.27. The zero-order valence-corrected chi connectivity index (χ0v) is 13.6. The van der Waals surface area contributed by atoms with E-state index in [1.807, 2.05) is 0 Å². The Morgan fingerprint density at radius 1 is 1.13 bits per heavy atom. The van der Waals surface area contributed by atoms with Crippen LogP contribution in [0.4, 0.5) is 0 Å². The van der Waals surface area contributed by atoms with Gasteiger partial charge in [0.2, 0.25) is 5.91 Å². The van der Waals surface area contributed by atoms with Crippen molar-refractivity contribution in [2.45, 2.75) is 69.0 Å². The molecule has 4 aliphatic carbocycles. The molecular formula is C19H25N3O. The predicted octanol–water partition coefficient (Wildman–Crippen LogP) is 2.06. The number of nitrogens with zero attached hydrogens (tertiary/aromatic N) is 2. The van der Waals surface area contributed by atoms with Gasteiger partial charge in [0.25, 0.3) is 0 Å². The number of terminal acetylenes is 1. The highest BCUT2D eigenvalue weighted by Gasteiger charge is 2.51. The Balaban J connectivity index is 1.42. The minimum atomic E-state index is -0.346. The van der Waals surface area contributed by atoms with Gasteiger partial charge in [-0.25, -0.2) is 0 Å². The fraction of sp³-hybridized carbons (Fsp3) is 0.789. The molecule has 0 spiro atoms. The topological polar surface area (TPSA) is 56.1 Å². The summed E-state index contributed by atoms with van der Waals surface area (Å²) in [6.07, 6.45) is 14.9. The SMILES string of the molecule is C#C[C@H]1CC[C@@H](C#N)N1C(=O)CNC12CC3CC(CC(C3)C1)C2. The second-order valence-electron chi connectivity index (χ2n) is 8.26. The molecule has 4 saturated carbocycles. The zero-order valence-electron chi connectivity index (χ0n) is 13.6. The van der Waals surface area contributed by atoms with Crippen molar-refractivity contribution >= 4 is 5.91 Å². The number of nitriles is 1. The van der Waals surface area contributed by atoms with Crippen LogP contribution in [0.3, 0.4) is 0 Å². The van der Waals surface area contributed by atoms with E-state index in [1.54, 1.807) is 4.90 Å². The molecule has 5 aliphatic rings. The van der Waals surface area contributed by atoms with Crippen LogP contribution < -0.4 is 5.32 Å². The van der Waals surface area contributed by atoms with Gasteiger partial charge in [-0.3, -0.25) is 4.79 Å². The summed E-state index contributed by atoms with van der Waals surface area (Å²) >= 11 is 0. The molecule has 23 heavy (non-hydrogen) atoms. The lowest BCUT2D eigenvalue weighted by Crippen LogP contribution is -2.60. The number of carbonyl (C=O) groups is 1. The summed E-state index contributed by atoms with van der Waals surface area (Å²) in [6, 6.07) is 1.69. The van der Waals surface area contributed by atoms with Crippen LogP contribution in [0.25, 0.3) is 0 Å². The molecule has 1 saturated heterocycles. The molecule has 0 aromatic carbocycles. The third kappa shape index (κ3) is 2.54. The van der Waals surface area contributed by atoms with Gasteiger partial charge in [-0.05, 0) is 69.1 Å². The second kappa shape index (κ2) is 5.53. The monoisotopic (exact) mass is 311 g/mol. The van der Waals surface area contributed by atoms with E-state index >= 15 is 0 Å². The van der Waals surface area contributed by atoms with Gasteiger partial charge in [0.15, 0.2) is 0 Å². The van der Waals surface area contributed by atoms with Crippen molar-refractivity contribution in [2.24, 2.45) is 17.8 Å². The number of hydrogen-bond acceptors (Lipinski definition) is 3. The van der Waals surface area contributed by atoms with Crippen LogP contribution in [0.5, 0.6) is 0 Å². The number of carbonyl (C=O) groups excluding carboxylic acids is 1. The van der Waals surface area contributed by atoms with E-state index in [0.717, 1.165) is 24.2 Å². The molecule has 5 fully saturated rings. The van der Waals surface area contributed by atoms with Crippen LogP contribution in [-0.4, -0.2) is 35.0 Å². The van der Waals surface area contributed by atoms with Gasteiger partial charge in [0, 0.05) is 5.54 Å². The largest absolute Gasteiger partial charge is 0.312 e. The van der Waals surface area contributed by atoms with Crippen molar-refractivity contribution in [3.63, 3.8) is 0 Å². The van der Waals surface area contributed by atoms with Gasteiger partial charge < -0.3 is 10.2 Å². The first-order chi connectivity index (χ1) is 11.1. The molecule has 4 heteroatoms. The van der Waals surface area contributed by atoms with Crippen LogP contribution in [-0.2, 0) is 4.79 Å². The molecule has 0 unspecified atom stereocenters. The second-order valence-corrected chi connectivity index (χ2v) is 8.26. The predicted molar refractivity (Wildman–Crippen MR) is 87.0 cm³/mol. The molecule has 1 heterocycles. The maximum Gasteiger partial charge on any atom is 0.238 e. The Bertz CT molecular complexity index is 527. The molecule has 4 nitrogen and oxygen atoms in total. The van der Waals surface area contributed by atoms with E-state index in [0.29, 0.717) is 13.0 Å². The molecule has 1 N–H and O–H groups in total. The smallest absolute Gasteiger partial charge is 0.238 e. The Kier molecular flexibility index (Phi) is 3.62. The van der Waals surface area contributed by atoms with Crippen LogP contribution in [0.2, 0.25) is 0 Å². The molecule has 1 aliphatic heterocycles. The fourth-order valence-corrected chi connectivity index (χ4v) is 6.13. The normalized spacial score (nSPS) is 44.1. The van der Waals surface area contributed by atoms with Gasteiger partial charge in [-0.15, -0.1) is 6.42 Å². The first-order valence-corrected chi connectivity index (χ1v) is 9.04. The van der Waals surface area contributed by atoms with Crippen molar-refractivity contribution in [3.05, 3.63) is 0 Å². The number of hydrogen-bond donors (Lipinski definition) is 1. The standard InChI is InChI=1S/C19H25N3O/c1-2-16-3-4-17(11-20)22(16)18(23)12-21-19-8-13-5-14(9-19)7-15(6-13)10-19/h1,13-17,21H,3-10,12H2/t13?,14?,15?,16-,17-,19?/m0/s1. The molecule has 5 rings (SSSR count). The molecule has 0 aromatic rings. The molecule has 0 aromatic heterocycles. The summed E-state index contributed by atoms with van der Waals surface area (Å²) in [6.45, 7) is 0.336. The molecular weight excluding hydrogens is 286 g/mol. The summed E-state index contributed by atoms with van der Waals surface area (Å²) in [7, 11) is 0. The number of likely N-dealkylation sites (tertiary alicyclic amines) is 1. The van der Waals surface area contributed by atoms with Crippen LogP contribution in [0.1, 0.15) is 51.4 Å². The summed E-state index contributed by atoms with van der Waals surface area (Å²) in [4.78, 5) is 14.3. The average molecular weight is 311 g/mol. The lowest BCUT2D eigenvalue weighted by Gasteiger charge is -2.57. The Hall–Kier alpha value is -1.52. The van der Waals surface area contributed by atoms with Gasteiger partial charge in [-0.2, -0.15) is 5.26 Å². The first kappa shape index (κ1) is 15.0. The highest BCUT2D eigenvalue weighted by Crippen LogP contribution is 2.55.